The predicted octanol–water partition coefficient (Wildman–Crippen LogP) is 2.25. The largest absolute Gasteiger partial charge is 0.494 e. The number of rotatable bonds is 8. The van der Waals surface area contributed by atoms with Crippen LogP contribution in [0.1, 0.15) is 5.56 Å². The van der Waals surface area contributed by atoms with Crippen LogP contribution in [0.4, 0.5) is 5.69 Å². The molecule has 1 saturated heterocycles. The highest BCUT2D eigenvalue weighted by molar-refractivity contribution is 7.99. The molecule has 0 aliphatic carbocycles. The first-order chi connectivity index (χ1) is 15.1. The highest BCUT2D eigenvalue weighted by Gasteiger charge is 2.21. The molecule has 1 fully saturated rings. The fraction of sp³-hybridized carbons (Fsp3) is 0.409. The Labute approximate surface area is 186 Å². The number of aryl methyl sites for hydroxylation is 1. The number of aromatic nitrogens is 4. The molecule has 9 heteroatoms. The van der Waals surface area contributed by atoms with E-state index in [1.54, 1.807) is 11.8 Å². The van der Waals surface area contributed by atoms with E-state index in [1.807, 2.05) is 31.2 Å². The van der Waals surface area contributed by atoms with Crippen LogP contribution in [0.3, 0.4) is 0 Å². The predicted molar refractivity (Wildman–Crippen MR) is 122 cm³/mol. The average Bonchev–Trinajstić information content (AvgIpc) is 3.27. The summed E-state index contributed by atoms with van der Waals surface area (Å²) < 4.78 is 7.13. The van der Waals surface area contributed by atoms with Gasteiger partial charge in [-0.25, -0.2) is 0 Å². The van der Waals surface area contributed by atoms with Crippen LogP contribution in [-0.2, 0) is 0 Å². The monoisotopic (exact) mass is 440 g/mol. The minimum atomic E-state index is -0.460. The van der Waals surface area contributed by atoms with Crippen molar-refractivity contribution in [3.05, 3.63) is 54.1 Å². The molecule has 1 aliphatic heterocycles. The molecule has 1 atom stereocenters. The number of methoxy groups -OCH3 is 1. The van der Waals surface area contributed by atoms with E-state index in [0.29, 0.717) is 23.2 Å². The van der Waals surface area contributed by atoms with E-state index in [0.717, 1.165) is 37.4 Å². The summed E-state index contributed by atoms with van der Waals surface area (Å²) in [5.41, 5.74) is 3.15. The number of tetrazole rings is 1. The SMILES string of the molecule is COc1ccc(C)cc1-n1nnnc1SCC(O)CN1CCN(c2ccccc2)CC1. The van der Waals surface area contributed by atoms with E-state index in [1.165, 1.54) is 17.4 Å². The molecule has 0 amide bonds. The van der Waals surface area contributed by atoms with Crippen molar-refractivity contribution in [3.63, 3.8) is 0 Å². The summed E-state index contributed by atoms with van der Waals surface area (Å²) in [5, 5.41) is 23.3. The minimum Gasteiger partial charge on any atom is -0.494 e. The Balaban J connectivity index is 1.30. The van der Waals surface area contributed by atoms with E-state index in [4.69, 9.17) is 4.74 Å². The summed E-state index contributed by atoms with van der Waals surface area (Å²) in [7, 11) is 1.63. The summed E-state index contributed by atoms with van der Waals surface area (Å²) >= 11 is 1.45. The number of para-hydroxylation sites is 1. The fourth-order valence-electron chi connectivity index (χ4n) is 3.73. The highest BCUT2D eigenvalue weighted by Crippen LogP contribution is 2.27. The van der Waals surface area contributed by atoms with Crippen molar-refractivity contribution in [3.8, 4) is 11.4 Å². The lowest BCUT2D eigenvalue weighted by Crippen LogP contribution is -2.48. The molecule has 1 N–H and O–H groups in total. The quantitative estimate of drug-likeness (QED) is 0.535. The van der Waals surface area contributed by atoms with Gasteiger partial charge in [0.05, 0.1) is 13.2 Å². The second-order valence-corrected chi connectivity index (χ2v) is 8.62. The van der Waals surface area contributed by atoms with Crippen LogP contribution in [0.5, 0.6) is 5.75 Å². The maximum Gasteiger partial charge on any atom is 0.214 e. The van der Waals surface area contributed by atoms with Crippen molar-refractivity contribution in [2.45, 2.75) is 18.2 Å². The van der Waals surface area contributed by atoms with E-state index in [-0.39, 0.29) is 0 Å². The molecule has 4 rings (SSSR count). The molecule has 0 saturated carbocycles. The number of ether oxygens (including phenoxy) is 1. The normalized spacial score (nSPS) is 15.8. The Morgan fingerprint density at radius 2 is 1.87 bits per heavy atom. The van der Waals surface area contributed by atoms with E-state index in [9.17, 15) is 5.11 Å². The molecule has 0 bridgehead atoms. The maximum atomic E-state index is 10.6. The summed E-state index contributed by atoms with van der Waals surface area (Å²) in [6.07, 6.45) is -0.460. The smallest absolute Gasteiger partial charge is 0.214 e. The molecule has 164 valence electrons. The first-order valence-corrected chi connectivity index (χ1v) is 11.4. The van der Waals surface area contributed by atoms with Crippen LogP contribution >= 0.6 is 11.8 Å². The third-order valence-corrected chi connectivity index (χ3v) is 6.44. The third kappa shape index (κ3) is 5.36. The van der Waals surface area contributed by atoms with E-state index < -0.39 is 6.10 Å². The van der Waals surface area contributed by atoms with E-state index >= 15 is 0 Å². The van der Waals surface area contributed by atoms with Gasteiger partial charge in [-0.1, -0.05) is 36.0 Å². The Morgan fingerprint density at radius 3 is 2.61 bits per heavy atom. The van der Waals surface area contributed by atoms with E-state index in [2.05, 4.69) is 49.6 Å². The van der Waals surface area contributed by atoms with Crippen LogP contribution in [0.2, 0.25) is 0 Å². The molecule has 2 heterocycles. The number of aliphatic hydroxyl groups is 1. The number of anilines is 1. The van der Waals surface area contributed by atoms with Gasteiger partial charge in [-0.05, 0) is 47.2 Å². The molecule has 2 aromatic carbocycles. The van der Waals surface area contributed by atoms with Gasteiger partial charge < -0.3 is 14.7 Å². The number of β-amino-alcohol motifs (C(OH)–C–C–N with tert-alkyl or cyclic N) is 1. The summed E-state index contributed by atoms with van der Waals surface area (Å²) in [6.45, 7) is 6.47. The number of piperazine rings is 1. The first-order valence-electron chi connectivity index (χ1n) is 10.4. The third-order valence-electron chi connectivity index (χ3n) is 5.37. The number of hydrogen-bond donors (Lipinski definition) is 1. The van der Waals surface area contributed by atoms with Gasteiger partial charge in [0, 0.05) is 44.2 Å². The number of nitrogens with zero attached hydrogens (tertiary/aromatic N) is 6. The van der Waals surface area contributed by atoms with Gasteiger partial charge in [-0.2, -0.15) is 4.68 Å². The van der Waals surface area contributed by atoms with Gasteiger partial charge in [0.25, 0.3) is 0 Å². The molecule has 1 aliphatic rings. The Bertz CT molecular complexity index is 975. The Morgan fingerprint density at radius 1 is 1.10 bits per heavy atom. The number of thioether (sulfide) groups is 1. The van der Waals surface area contributed by atoms with Gasteiger partial charge in [0.15, 0.2) is 0 Å². The lowest BCUT2D eigenvalue weighted by Gasteiger charge is -2.36. The number of benzene rings is 2. The molecule has 8 nitrogen and oxygen atoms in total. The van der Waals surface area contributed by atoms with Gasteiger partial charge >= 0.3 is 0 Å². The minimum absolute atomic E-state index is 0.460. The molecule has 31 heavy (non-hydrogen) atoms. The summed E-state index contributed by atoms with van der Waals surface area (Å²) in [4.78, 5) is 4.71. The topological polar surface area (TPSA) is 79.5 Å². The van der Waals surface area contributed by atoms with Gasteiger partial charge in [-0.15, -0.1) is 5.10 Å². The van der Waals surface area contributed by atoms with Crippen molar-refractivity contribution in [1.82, 2.24) is 25.1 Å². The summed E-state index contributed by atoms with van der Waals surface area (Å²) in [6, 6.07) is 16.4. The highest BCUT2D eigenvalue weighted by atomic mass is 32.2. The van der Waals surface area contributed by atoms with Gasteiger partial charge in [0.2, 0.25) is 5.16 Å². The van der Waals surface area contributed by atoms with Crippen molar-refractivity contribution in [2.75, 3.05) is 50.5 Å². The van der Waals surface area contributed by atoms with Crippen molar-refractivity contribution < 1.29 is 9.84 Å². The molecule has 0 radical (unpaired) electrons. The molecule has 3 aromatic rings. The molecular formula is C22H28N6O2S. The second-order valence-electron chi connectivity index (χ2n) is 7.64. The standard InChI is InChI=1S/C22H28N6O2S/c1-17-8-9-21(30-2)20(14-17)28-22(23-24-25-28)31-16-19(29)15-26-10-12-27(13-11-26)18-6-4-3-5-7-18/h3-9,14,19,29H,10-13,15-16H2,1-2H3. The lowest BCUT2D eigenvalue weighted by atomic mass is 10.2. The van der Waals surface area contributed by atoms with Crippen LogP contribution in [0.15, 0.2) is 53.7 Å². The van der Waals surface area contributed by atoms with Crippen LogP contribution in [0.25, 0.3) is 5.69 Å². The Hall–Kier alpha value is -2.62. The van der Waals surface area contributed by atoms with Gasteiger partial charge in [0.1, 0.15) is 11.4 Å². The second kappa shape index (κ2) is 10.1. The zero-order valence-corrected chi connectivity index (χ0v) is 18.7. The van der Waals surface area contributed by atoms with Crippen molar-refractivity contribution in [1.29, 1.82) is 0 Å². The average molecular weight is 441 g/mol. The zero-order chi connectivity index (χ0) is 21.6. The number of aliphatic hydroxyl groups excluding tert-OH is 1. The Kier molecular flexibility index (Phi) is 7.06. The van der Waals surface area contributed by atoms with Crippen molar-refractivity contribution >= 4 is 17.4 Å². The fourth-order valence-corrected chi connectivity index (χ4v) is 4.53. The molecule has 0 spiro atoms. The van der Waals surface area contributed by atoms with Gasteiger partial charge in [-0.3, -0.25) is 4.90 Å². The van der Waals surface area contributed by atoms with Crippen LogP contribution < -0.4 is 9.64 Å². The number of hydrogen-bond acceptors (Lipinski definition) is 8. The maximum absolute atomic E-state index is 10.6. The molecular weight excluding hydrogens is 412 g/mol. The van der Waals surface area contributed by atoms with Crippen molar-refractivity contribution in [2.24, 2.45) is 0 Å². The molecule has 1 aromatic heterocycles. The van der Waals surface area contributed by atoms with Crippen LogP contribution in [0, 0.1) is 6.92 Å². The lowest BCUT2D eigenvalue weighted by molar-refractivity contribution is 0.126. The van der Waals surface area contributed by atoms with Crippen LogP contribution in [-0.4, -0.2) is 81.9 Å². The molecule has 1 unspecified atom stereocenters. The first kappa shape index (κ1) is 21.6. The zero-order valence-electron chi connectivity index (χ0n) is 17.9. The summed E-state index contributed by atoms with van der Waals surface area (Å²) in [5.74, 6) is 1.23.